The van der Waals surface area contributed by atoms with Crippen LogP contribution in [0, 0.1) is 0 Å². The van der Waals surface area contributed by atoms with Crippen molar-refractivity contribution in [1.29, 1.82) is 0 Å². The van der Waals surface area contributed by atoms with Crippen molar-refractivity contribution in [3.05, 3.63) is 81.6 Å². The van der Waals surface area contributed by atoms with Gasteiger partial charge >= 0.3 is 0 Å². The standard InChI is InChI=1S/C25H27N3O3S/c1-3-15-32-25-27-24(30)22-20(16-21(29)26-23(22)28(25)2)18-9-11-19(12-10-18)31-14-13-17-7-5-4-6-8-17/h4-12,20H,3,13-16H2,1-2H3,(H,26,29)/t20-/m0/s1. The van der Waals surface area contributed by atoms with Gasteiger partial charge in [0.1, 0.15) is 11.6 Å². The number of carbonyl (C=O) groups is 1. The molecule has 0 saturated carbocycles. The van der Waals surface area contributed by atoms with Gasteiger partial charge in [-0.25, -0.2) is 0 Å². The predicted octanol–water partition coefficient (Wildman–Crippen LogP) is 4.38. The second kappa shape index (κ2) is 10.0. The van der Waals surface area contributed by atoms with Crippen LogP contribution in [0.3, 0.4) is 0 Å². The highest BCUT2D eigenvalue weighted by Crippen LogP contribution is 2.36. The summed E-state index contributed by atoms with van der Waals surface area (Å²) < 4.78 is 7.70. The Hall–Kier alpha value is -3.06. The maximum Gasteiger partial charge on any atom is 0.279 e. The number of aromatic nitrogens is 2. The third-order valence-electron chi connectivity index (χ3n) is 5.52. The first-order valence-electron chi connectivity index (χ1n) is 10.9. The highest BCUT2D eigenvalue weighted by molar-refractivity contribution is 7.99. The van der Waals surface area contributed by atoms with Crippen LogP contribution in [-0.4, -0.2) is 27.8 Å². The quantitative estimate of drug-likeness (QED) is 0.408. The van der Waals surface area contributed by atoms with E-state index in [4.69, 9.17) is 4.74 Å². The van der Waals surface area contributed by atoms with Gasteiger partial charge in [0.05, 0.1) is 12.2 Å². The molecule has 0 unspecified atom stereocenters. The average molecular weight is 450 g/mol. The van der Waals surface area contributed by atoms with Crippen molar-refractivity contribution in [3.63, 3.8) is 0 Å². The number of anilines is 1. The molecular formula is C25H27N3O3S. The second-order valence-corrected chi connectivity index (χ2v) is 8.89. The minimum absolute atomic E-state index is 0.0988. The van der Waals surface area contributed by atoms with E-state index in [0.29, 0.717) is 23.1 Å². The maximum absolute atomic E-state index is 12.9. The molecule has 7 heteroatoms. The van der Waals surface area contributed by atoms with Gasteiger partial charge in [-0.1, -0.05) is 61.2 Å². The summed E-state index contributed by atoms with van der Waals surface area (Å²) in [5.74, 6) is 1.75. The molecule has 1 atom stereocenters. The van der Waals surface area contributed by atoms with Gasteiger partial charge in [-0.15, -0.1) is 0 Å². The summed E-state index contributed by atoms with van der Waals surface area (Å²) >= 11 is 1.52. The Morgan fingerprint density at radius 3 is 2.59 bits per heavy atom. The van der Waals surface area contributed by atoms with E-state index < -0.39 is 0 Å². The van der Waals surface area contributed by atoms with Gasteiger partial charge in [-0.3, -0.25) is 9.59 Å². The number of nitrogens with one attached hydrogen (secondary N) is 1. The van der Waals surface area contributed by atoms with Gasteiger partial charge in [0.25, 0.3) is 5.56 Å². The molecular weight excluding hydrogens is 422 g/mol. The molecule has 2 aromatic carbocycles. The lowest BCUT2D eigenvalue weighted by Gasteiger charge is -2.27. The molecule has 0 fully saturated rings. The van der Waals surface area contributed by atoms with Crippen LogP contribution in [0.15, 0.2) is 64.5 Å². The lowest BCUT2D eigenvalue weighted by atomic mass is 9.87. The highest BCUT2D eigenvalue weighted by atomic mass is 32.2. The molecule has 6 nitrogen and oxygen atoms in total. The van der Waals surface area contributed by atoms with Crippen LogP contribution in [0.25, 0.3) is 0 Å². The fourth-order valence-corrected chi connectivity index (χ4v) is 4.69. The minimum atomic E-state index is -0.325. The van der Waals surface area contributed by atoms with Crippen LogP contribution in [0.4, 0.5) is 5.82 Å². The molecule has 0 aliphatic carbocycles. The summed E-state index contributed by atoms with van der Waals surface area (Å²) in [4.78, 5) is 29.7. The van der Waals surface area contributed by atoms with E-state index in [1.807, 2.05) is 54.1 Å². The van der Waals surface area contributed by atoms with Crippen molar-refractivity contribution in [2.24, 2.45) is 7.05 Å². The second-order valence-electron chi connectivity index (χ2n) is 7.83. The van der Waals surface area contributed by atoms with Gasteiger partial charge in [-0.2, -0.15) is 4.98 Å². The number of fused-ring (bicyclic) bond motifs is 1. The van der Waals surface area contributed by atoms with Gasteiger partial charge in [0, 0.05) is 31.6 Å². The number of amides is 1. The van der Waals surface area contributed by atoms with Crippen molar-refractivity contribution >= 4 is 23.5 Å². The summed E-state index contributed by atoms with van der Waals surface area (Å²) in [5, 5.41) is 3.51. The number of nitrogens with zero attached hydrogens (tertiary/aromatic N) is 2. The summed E-state index contributed by atoms with van der Waals surface area (Å²) in [6.45, 7) is 2.66. The molecule has 0 spiro atoms. The van der Waals surface area contributed by atoms with Crippen LogP contribution in [0.5, 0.6) is 5.75 Å². The van der Waals surface area contributed by atoms with Crippen molar-refractivity contribution in [2.75, 3.05) is 17.7 Å². The Balaban J connectivity index is 1.53. The summed E-state index contributed by atoms with van der Waals surface area (Å²) in [6.07, 6.45) is 2.03. The number of ether oxygens (including phenoxy) is 1. The Bertz CT molecular complexity index is 1140. The molecule has 1 N–H and O–H groups in total. The topological polar surface area (TPSA) is 73.2 Å². The van der Waals surface area contributed by atoms with E-state index in [0.717, 1.165) is 29.9 Å². The lowest BCUT2D eigenvalue weighted by Crippen LogP contribution is -2.33. The van der Waals surface area contributed by atoms with Gasteiger partial charge < -0.3 is 14.6 Å². The molecule has 1 amide bonds. The normalized spacial score (nSPS) is 15.2. The highest BCUT2D eigenvalue weighted by Gasteiger charge is 2.32. The van der Waals surface area contributed by atoms with Crippen LogP contribution in [0.2, 0.25) is 0 Å². The van der Waals surface area contributed by atoms with Crippen molar-refractivity contribution in [1.82, 2.24) is 9.55 Å². The molecule has 1 aliphatic heterocycles. The van der Waals surface area contributed by atoms with E-state index in [-0.39, 0.29) is 23.8 Å². The van der Waals surface area contributed by atoms with Gasteiger partial charge in [0.2, 0.25) is 5.91 Å². The fraction of sp³-hybridized carbons (Fsp3) is 0.320. The van der Waals surface area contributed by atoms with Crippen LogP contribution >= 0.6 is 11.8 Å². The van der Waals surface area contributed by atoms with Gasteiger partial charge in [0.15, 0.2) is 5.16 Å². The Morgan fingerprint density at radius 2 is 1.88 bits per heavy atom. The first-order chi connectivity index (χ1) is 15.6. The SMILES string of the molecule is CCCSc1nc(=O)c2c(n1C)NC(=O)C[C@H]2c1ccc(OCCc2ccccc2)cc1. The molecule has 0 radical (unpaired) electrons. The molecule has 1 aliphatic rings. The van der Waals surface area contributed by atoms with Gasteiger partial charge in [-0.05, 0) is 29.7 Å². The molecule has 1 aromatic heterocycles. The lowest BCUT2D eigenvalue weighted by molar-refractivity contribution is -0.116. The number of hydrogen-bond acceptors (Lipinski definition) is 5. The van der Waals surface area contributed by atoms with Crippen molar-refractivity contribution in [3.8, 4) is 5.75 Å². The monoisotopic (exact) mass is 449 g/mol. The largest absolute Gasteiger partial charge is 0.493 e. The minimum Gasteiger partial charge on any atom is -0.493 e. The molecule has 166 valence electrons. The maximum atomic E-state index is 12.9. The van der Waals surface area contributed by atoms with Crippen molar-refractivity contribution in [2.45, 2.75) is 37.3 Å². The summed E-state index contributed by atoms with van der Waals surface area (Å²) in [5.41, 5.74) is 2.41. The number of hydrogen-bond donors (Lipinski definition) is 1. The smallest absolute Gasteiger partial charge is 0.279 e. The zero-order valence-corrected chi connectivity index (χ0v) is 19.2. The van der Waals surface area contributed by atoms with E-state index >= 15 is 0 Å². The van der Waals surface area contributed by atoms with Crippen LogP contribution in [0.1, 0.15) is 42.4 Å². The molecule has 32 heavy (non-hydrogen) atoms. The summed E-state index contributed by atoms with van der Waals surface area (Å²) in [6, 6.07) is 17.9. The van der Waals surface area contributed by atoms with Crippen LogP contribution < -0.4 is 15.6 Å². The third kappa shape index (κ3) is 4.88. The Morgan fingerprint density at radius 1 is 1.12 bits per heavy atom. The zero-order valence-electron chi connectivity index (χ0n) is 18.3. The van der Waals surface area contributed by atoms with Crippen LogP contribution in [-0.2, 0) is 18.3 Å². The number of rotatable bonds is 8. The first-order valence-corrected chi connectivity index (χ1v) is 11.9. The summed E-state index contributed by atoms with van der Waals surface area (Å²) in [7, 11) is 1.84. The van der Waals surface area contributed by atoms with Crippen molar-refractivity contribution < 1.29 is 9.53 Å². The predicted molar refractivity (Wildman–Crippen MR) is 128 cm³/mol. The van der Waals surface area contributed by atoms with E-state index in [9.17, 15) is 9.59 Å². The zero-order chi connectivity index (χ0) is 22.5. The molecule has 4 rings (SSSR count). The first kappa shape index (κ1) is 22.1. The van der Waals surface area contributed by atoms with E-state index in [1.165, 1.54) is 17.3 Å². The Kier molecular flexibility index (Phi) is 6.95. The fourth-order valence-electron chi connectivity index (χ4n) is 3.87. The van der Waals surface area contributed by atoms with E-state index in [2.05, 4.69) is 29.4 Å². The number of carbonyl (C=O) groups excluding carboxylic acids is 1. The third-order valence-corrected chi connectivity index (χ3v) is 6.76. The molecule has 0 saturated heterocycles. The number of benzene rings is 2. The molecule has 2 heterocycles. The van der Waals surface area contributed by atoms with E-state index in [1.54, 1.807) is 0 Å². The number of thioether (sulfide) groups is 1. The average Bonchev–Trinajstić information content (AvgIpc) is 2.81. The molecule has 0 bridgehead atoms. The Labute approximate surface area is 192 Å². The molecule has 3 aromatic rings.